The van der Waals surface area contributed by atoms with Gasteiger partial charge in [0.25, 0.3) is 5.56 Å². The van der Waals surface area contributed by atoms with Crippen LogP contribution in [0.4, 0.5) is 4.39 Å². The third-order valence-electron chi connectivity index (χ3n) is 6.33. The number of halogens is 1. The molecule has 40 heavy (non-hydrogen) atoms. The number of hydrogen-bond acceptors (Lipinski definition) is 8. The Morgan fingerprint density at radius 3 is 2.42 bits per heavy atom. The molecule has 0 bridgehead atoms. The van der Waals surface area contributed by atoms with E-state index >= 15 is 4.39 Å². The lowest BCUT2D eigenvalue weighted by atomic mass is 10.0. The normalized spacial score (nSPS) is 12.6. The molecule has 0 amide bonds. The number of hydrogen-bond donors (Lipinski definition) is 1. The first-order chi connectivity index (χ1) is 19.1. The third-order valence-corrected chi connectivity index (χ3v) is 8.09. The van der Waals surface area contributed by atoms with E-state index in [-0.39, 0.29) is 30.7 Å². The Kier molecular flexibility index (Phi) is 8.77. The van der Waals surface area contributed by atoms with Crippen LogP contribution in [-0.2, 0) is 25.9 Å². The molecule has 0 radical (unpaired) electrons. The van der Waals surface area contributed by atoms with E-state index in [4.69, 9.17) is 9.47 Å². The molecular weight excluding hydrogens is 537 g/mol. The van der Waals surface area contributed by atoms with Crippen LogP contribution in [0.2, 0.25) is 0 Å². The number of aromatic hydroxyl groups is 1. The average Bonchev–Trinajstić information content (AvgIpc) is 2.91. The van der Waals surface area contributed by atoms with E-state index in [1.54, 1.807) is 63.4 Å². The van der Waals surface area contributed by atoms with Crippen molar-refractivity contribution in [2.45, 2.75) is 49.3 Å². The number of benzene rings is 2. The summed E-state index contributed by atoms with van der Waals surface area (Å²) in [6.07, 6.45) is 2.84. The molecule has 1 atom stereocenters. The van der Waals surface area contributed by atoms with Gasteiger partial charge in [0.05, 0.1) is 23.6 Å². The van der Waals surface area contributed by atoms with Gasteiger partial charge in [0.15, 0.2) is 4.90 Å². The fourth-order valence-electron chi connectivity index (χ4n) is 4.38. The third kappa shape index (κ3) is 5.81. The van der Waals surface area contributed by atoms with Crippen molar-refractivity contribution in [3.8, 4) is 17.0 Å². The number of aromatic nitrogens is 3. The second-order valence-corrected chi connectivity index (χ2v) is 11.3. The highest BCUT2D eigenvalue weighted by Gasteiger charge is 2.32. The van der Waals surface area contributed by atoms with Crippen molar-refractivity contribution in [1.82, 2.24) is 14.5 Å². The van der Waals surface area contributed by atoms with Crippen LogP contribution in [0.1, 0.15) is 36.8 Å². The van der Waals surface area contributed by atoms with Crippen molar-refractivity contribution < 1.29 is 27.4 Å². The fraction of sp³-hybridized carbons (Fsp3) is 0.276. The molecule has 1 unspecified atom stereocenters. The Morgan fingerprint density at radius 2 is 1.80 bits per heavy atom. The molecule has 0 aliphatic heterocycles. The van der Waals surface area contributed by atoms with Crippen LogP contribution in [0.25, 0.3) is 11.1 Å². The second kappa shape index (κ2) is 12.1. The SMILES string of the molecule is COCC(c1ccccc1)n1c(COC(C)C)nc(O)c(S(=O)(=O)c2ccc(-c3ccncc3C)c(F)c2)c1=O. The van der Waals surface area contributed by atoms with Crippen LogP contribution in [-0.4, -0.2) is 47.9 Å². The summed E-state index contributed by atoms with van der Waals surface area (Å²) < 4.78 is 54.9. The summed E-state index contributed by atoms with van der Waals surface area (Å²) in [7, 11) is -3.26. The molecule has 4 aromatic rings. The van der Waals surface area contributed by atoms with E-state index in [0.717, 1.165) is 10.6 Å². The Morgan fingerprint density at radius 1 is 1.07 bits per heavy atom. The molecule has 1 N–H and O–H groups in total. The first-order valence-corrected chi connectivity index (χ1v) is 14.0. The Balaban J connectivity index is 1.91. The topological polar surface area (TPSA) is 121 Å². The second-order valence-electron chi connectivity index (χ2n) is 9.43. The van der Waals surface area contributed by atoms with E-state index in [0.29, 0.717) is 16.7 Å². The molecule has 2 aromatic carbocycles. The maximum absolute atomic E-state index is 15.3. The van der Waals surface area contributed by atoms with Gasteiger partial charge in [-0.15, -0.1) is 0 Å². The van der Waals surface area contributed by atoms with Crippen molar-refractivity contribution in [3.63, 3.8) is 0 Å². The zero-order valence-electron chi connectivity index (χ0n) is 22.5. The minimum Gasteiger partial charge on any atom is -0.492 e. The highest BCUT2D eigenvalue weighted by molar-refractivity contribution is 7.91. The number of pyridine rings is 1. The summed E-state index contributed by atoms with van der Waals surface area (Å²) in [6, 6.07) is 13.0. The molecule has 0 saturated carbocycles. The Bertz CT molecular complexity index is 1670. The molecule has 2 aromatic heterocycles. The monoisotopic (exact) mass is 567 g/mol. The first-order valence-electron chi connectivity index (χ1n) is 12.5. The van der Waals surface area contributed by atoms with Crippen LogP contribution >= 0.6 is 0 Å². The zero-order valence-corrected chi connectivity index (χ0v) is 23.4. The zero-order chi connectivity index (χ0) is 29.0. The van der Waals surface area contributed by atoms with Crippen LogP contribution in [0, 0.1) is 12.7 Å². The average molecular weight is 568 g/mol. The van der Waals surface area contributed by atoms with Gasteiger partial charge in [-0.3, -0.25) is 14.3 Å². The lowest BCUT2D eigenvalue weighted by Crippen LogP contribution is -2.35. The van der Waals surface area contributed by atoms with Crippen LogP contribution in [0.5, 0.6) is 5.88 Å². The number of aryl methyl sites for hydroxylation is 1. The quantitative estimate of drug-likeness (QED) is 0.298. The summed E-state index contributed by atoms with van der Waals surface area (Å²) in [6.45, 7) is 5.15. The predicted molar refractivity (Wildman–Crippen MR) is 146 cm³/mol. The highest BCUT2D eigenvalue weighted by atomic mass is 32.2. The van der Waals surface area contributed by atoms with Crippen LogP contribution in [0.3, 0.4) is 0 Å². The Labute approximate surface area is 231 Å². The maximum atomic E-state index is 15.3. The molecule has 9 nitrogen and oxygen atoms in total. The number of ether oxygens (including phenoxy) is 2. The summed E-state index contributed by atoms with van der Waals surface area (Å²) in [5, 5.41) is 10.8. The summed E-state index contributed by atoms with van der Waals surface area (Å²) in [4.78, 5) is 20.6. The van der Waals surface area contributed by atoms with Crippen molar-refractivity contribution >= 4 is 9.84 Å². The van der Waals surface area contributed by atoms with E-state index in [1.165, 1.54) is 25.4 Å². The minimum absolute atomic E-state index is 0.000843. The molecule has 11 heteroatoms. The number of rotatable bonds is 10. The smallest absolute Gasteiger partial charge is 0.277 e. The molecule has 210 valence electrons. The molecule has 0 spiro atoms. The minimum atomic E-state index is -4.71. The van der Waals surface area contributed by atoms with Gasteiger partial charge in [0, 0.05) is 25.1 Å². The summed E-state index contributed by atoms with van der Waals surface area (Å²) in [5.74, 6) is -1.80. The molecule has 0 fully saturated rings. The molecular formula is C29H30FN3O6S. The fourth-order valence-corrected chi connectivity index (χ4v) is 5.73. The Hall–Kier alpha value is -3.93. The molecule has 0 saturated heterocycles. The van der Waals surface area contributed by atoms with E-state index in [1.807, 2.05) is 0 Å². The number of sulfone groups is 1. The van der Waals surface area contributed by atoms with E-state index in [2.05, 4.69) is 9.97 Å². The molecule has 0 aliphatic rings. The van der Waals surface area contributed by atoms with Gasteiger partial charge in [-0.05, 0) is 55.7 Å². The first kappa shape index (κ1) is 29.1. The van der Waals surface area contributed by atoms with E-state index in [9.17, 15) is 18.3 Å². The van der Waals surface area contributed by atoms with Gasteiger partial charge in [0.1, 0.15) is 18.2 Å². The summed E-state index contributed by atoms with van der Waals surface area (Å²) >= 11 is 0. The van der Waals surface area contributed by atoms with Gasteiger partial charge in [0.2, 0.25) is 15.7 Å². The number of nitrogens with zero attached hydrogens (tertiary/aromatic N) is 3. The number of methoxy groups -OCH3 is 1. The molecule has 0 aliphatic carbocycles. The van der Waals surface area contributed by atoms with Gasteiger partial charge in [-0.1, -0.05) is 36.4 Å². The molecule has 4 rings (SSSR count). The van der Waals surface area contributed by atoms with Gasteiger partial charge in [-0.25, -0.2) is 12.8 Å². The van der Waals surface area contributed by atoms with Crippen molar-refractivity contribution in [1.29, 1.82) is 0 Å². The van der Waals surface area contributed by atoms with Crippen molar-refractivity contribution in [2.75, 3.05) is 13.7 Å². The lowest BCUT2D eigenvalue weighted by Gasteiger charge is -2.24. The highest BCUT2D eigenvalue weighted by Crippen LogP contribution is 2.31. The van der Waals surface area contributed by atoms with Gasteiger partial charge >= 0.3 is 0 Å². The predicted octanol–water partition coefficient (Wildman–Crippen LogP) is 4.45. The summed E-state index contributed by atoms with van der Waals surface area (Å²) in [5.41, 5.74) is 1.03. The van der Waals surface area contributed by atoms with Gasteiger partial charge < -0.3 is 14.6 Å². The maximum Gasteiger partial charge on any atom is 0.277 e. The van der Waals surface area contributed by atoms with Crippen LogP contribution < -0.4 is 5.56 Å². The van der Waals surface area contributed by atoms with Crippen LogP contribution in [0.15, 0.2) is 81.6 Å². The largest absolute Gasteiger partial charge is 0.492 e. The molecule has 2 heterocycles. The van der Waals surface area contributed by atoms with Crippen molar-refractivity contribution in [2.24, 2.45) is 0 Å². The van der Waals surface area contributed by atoms with E-state index < -0.39 is 42.9 Å². The van der Waals surface area contributed by atoms with Crippen molar-refractivity contribution in [3.05, 3.63) is 100 Å². The lowest BCUT2D eigenvalue weighted by molar-refractivity contribution is 0.0557. The standard InChI is InChI=1S/C29H30FN3O6S/c1-18(2)39-17-26-32-28(34)27(29(35)33(26)25(16-38-4)20-8-6-5-7-9-20)40(36,37)21-10-11-23(24(30)14-21)22-12-13-31-15-19(22)3/h5-15,18,25,34H,16-17H2,1-4H3. The van der Waals surface area contributed by atoms with Gasteiger partial charge in [-0.2, -0.15) is 4.98 Å².